The first kappa shape index (κ1) is 17.1. The van der Waals surface area contributed by atoms with E-state index in [-0.39, 0.29) is 5.54 Å². The van der Waals surface area contributed by atoms with Crippen molar-refractivity contribution in [3.8, 4) is 5.75 Å². The van der Waals surface area contributed by atoms with Gasteiger partial charge in [0.05, 0.1) is 10.9 Å². The molecule has 1 aromatic carbocycles. The van der Waals surface area contributed by atoms with Crippen LogP contribution in [0.5, 0.6) is 5.75 Å². The second kappa shape index (κ2) is 6.65. The van der Waals surface area contributed by atoms with Crippen LogP contribution in [0.1, 0.15) is 31.2 Å². The average molecular weight is 365 g/mol. The van der Waals surface area contributed by atoms with Crippen LogP contribution in [-0.2, 0) is 13.0 Å². The lowest BCUT2D eigenvalue weighted by Gasteiger charge is -2.20. The fraction of sp³-hybridized carbons (Fsp3) is 0.389. The van der Waals surface area contributed by atoms with Gasteiger partial charge in [0.2, 0.25) is 0 Å². The lowest BCUT2D eigenvalue weighted by Crippen LogP contribution is -2.42. The summed E-state index contributed by atoms with van der Waals surface area (Å²) in [5.41, 5.74) is 2.09. The van der Waals surface area contributed by atoms with E-state index in [9.17, 15) is 4.79 Å². The van der Waals surface area contributed by atoms with E-state index in [0.29, 0.717) is 5.75 Å². The molecule has 6 heteroatoms. The highest BCUT2D eigenvalue weighted by Crippen LogP contribution is 2.33. The van der Waals surface area contributed by atoms with Gasteiger partial charge in [-0.05, 0) is 63.1 Å². The van der Waals surface area contributed by atoms with Crippen molar-refractivity contribution in [2.24, 2.45) is 0 Å². The lowest BCUT2D eigenvalue weighted by atomic mass is 10.1. The number of thiophene rings is 1. The molecule has 128 valence electrons. The SMILES string of the molecule is CC(C)(C)NC(=O)Oc1ccc2c(c1)CCN2Cc1ccc(Cl)s1. The van der Waals surface area contributed by atoms with E-state index in [0.717, 1.165) is 23.8 Å². The van der Waals surface area contributed by atoms with Crippen molar-refractivity contribution < 1.29 is 9.53 Å². The Kier molecular flexibility index (Phi) is 4.74. The number of nitrogens with zero attached hydrogens (tertiary/aromatic N) is 1. The van der Waals surface area contributed by atoms with Crippen molar-refractivity contribution in [2.75, 3.05) is 11.4 Å². The molecule has 1 aliphatic heterocycles. The molecule has 1 amide bonds. The number of amides is 1. The first-order valence-electron chi connectivity index (χ1n) is 7.92. The van der Waals surface area contributed by atoms with Crippen LogP contribution in [0, 0.1) is 0 Å². The molecule has 0 fully saturated rings. The van der Waals surface area contributed by atoms with Gasteiger partial charge in [-0.3, -0.25) is 0 Å². The summed E-state index contributed by atoms with van der Waals surface area (Å²) in [4.78, 5) is 15.5. The molecule has 0 aliphatic carbocycles. The zero-order valence-electron chi connectivity index (χ0n) is 14.1. The quantitative estimate of drug-likeness (QED) is 0.846. The third-order valence-electron chi connectivity index (χ3n) is 3.71. The summed E-state index contributed by atoms with van der Waals surface area (Å²) in [6.07, 6.45) is 0.525. The number of benzene rings is 1. The van der Waals surface area contributed by atoms with E-state index in [1.807, 2.05) is 45.0 Å². The maximum absolute atomic E-state index is 11.9. The first-order valence-corrected chi connectivity index (χ1v) is 9.12. The topological polar surface area (TPSA) is 41.6 Å². The Morgan fingerprint density at radius 3 is 2.79 bits per heavy atom. The molecule has 24 heavy (non-hydrogen) atoms. The molecular formula is C18H21ClN2O2S. The smallest absolute Gasteiger partial charge is 0.410 e. The molecule has 1 N–H and O–H groups in total. The van der Waals surface area contributed by atoms with Crippen LogP contribution >= 0.6 is 22.9 Å². The van der Waals surface area contributed by atoms with E-state index >= 15 is 0 Å². The molecular weight excluding hydrogens is 344 g/mol. The number of rotatable bonds is 3. The minimum Gasteiger partial charge on any atom is -0.410 e. The summed E-state index contributed by atoms with van der Waals surface area (Å²) in [6.45, 7) is 7.58. The van der Waals surface area contributed by atoms with Crippen LogP contribution in [0.3, 0.4) is 0 Å². The van der Waals surface area contributed by atoms with E-state index in [1.165, 1.54) is 16.1 Å². The second-order valence-electron chi connectivity index (χ2n) is 6.93. The fourth-order valence-electron chi connectivity index (χ4n) is 2.74. The number of nitrogens with one attached hydrogen (secondary N) is 1. The predicted octanol–water partition coefficient (Wildman–Crippen LogP) is 4.85. The molecule has 0 atom stereocenters. The Bertz CT molecular complexity index is 752. The molecule has 0 bridgehead atoms. The van der Waals surface area contributed by atoms with Crippen molar-refractivity contribution >= 4 is 34.7 Å². The molecule has 2 aromatic rings. The van der Waals surface area contributed by atoms with Crippen molar-refractivity contribution in [3.05, 3.63) is 45.1 Å². The predicted molar refractivity (Wildman–Crippen MR) is 99.4 cm³/mol. The zero-order valence-corrected chi connectivity index (χ0v) is 15.6. The molecule has 0 saturated heterocycles. The Hall–Kier alpha value is -1.72. The normalized spacial score (nSPS) is 13.8. The van der Waals surface area contributed by atoms with Gasteiger partial charge in [-0.1, -0.05) is 11.6 Å². The van der Waals surface area contributed by atoms with Gasteiger partial charge in [0, 0.05) is 22.6 Å². The maximum Gasteiger partial charge on any atom is 0.413 e. The van der Waals surface area contributed by atoms with Gasteiger partial charge in [-0.25, -0.2) is 4.79 Å². The Labute approximate surface area is 151 Å². The number of fused-ring (bicyclic) bond motifs is 1. The van der Waals surface area contributed by atoms with E-state index < -0.39 is 6.09 Å². The van der Waals surface area contributed by atoms with E-state index in [2.05, 4.69) is 16.3 Å². The molecule has 0 spiro atoms. The van der Waals surface area contributed by atoms with Crippen LogP contribution in [-0.4, -0.2) is 18.2 Å². The molecule has 0 saturated carbocycles. The summed E-state index contributed by atoms with van der Waals surface area (Å²) in [6, 6.07) is 9.83. The molecule has 1 aliphatic rings. The highest BCUT2D eigenvalue weighted by atomic mass is 35.5. The minimum atomic E-state index is -0.425. The summed E-state index contributed by atoms with van der Waals surface area (Å²) in [5, 5.41) is 2.80. The molecule has 0 unspecified atom stereocenters. The third kappa shape index (κ3) is 4.22. The molecule has 4 nitrogen and oxygen atoms in total. The Morgan fingerprint density at radius 2 is 2.12 bits per heavy atom. The summed E-state index contributed by atoms with van der Waals surface area (Å²) in [5.74, 6) is 0.580. The third-order valence-corrected chi connectivity index (χ3v) is 4.92. The van der Waals surface area contributed by atoms with Gasteiger partial charge in [-0.2, -0.15) is 0 Å². The summed E-state index contributed by atoms with van der Waals surface area (Å²) >= 11 is 7.62. The highest BCUT2D eigenvalue weighted by molar-refractivity contribution is 7.16. The molecule has 1 aromatic heterocycles. The van der Waals surface area contributed by atoms with Crippen molar-refractivity contribution in [3.63, 3.8) is 0 Å². The zero-order chi connectivity index (χ0) is 17.3. The Morgan fingerprint density at radius 1 is 1.33 bits per heavy atom. The van der Waals surface area contributed by atoms with Crippen LogP contribution in [0.15, 0.2) is 30.3 Å². The van der Waals surface area contributed by atoms with Gasteiger partial charge in [0.15, 0.2) is 0 Å². The molecule has 3 rings (SSSR count). The number of anilines is 1. The van der Waals surface area contributed by atoms with Crippen LogP contribution in [0.25, 0.3) is 0 Å². The number of carbonyl (C=O) groups is 1. The van der Waals surface area contributed by atoms with Gasteiger partial charge >= 0.3 is 6.09 Å². The van der Waals surface area contributed by atoms with Crippen molar-refractivity contribution in [1.29, 1.82) is 0 Å². The number of halogens is 1. The standard InChI is InChI=1S/C18H21ClN2O2S/c1-18(2,3)20-17(22)23-13-4-6-15-12(10-13)8-9-21(15)11-14-5-7-16(19)24-14/h4-7,10H,8-9,11H2,1-3H3,(H,20,22). The van der Waals surface area contributed by atoms with Gasteiger partial charge in [0.25, 0.3) is 0 Å². The number of hydrogen-bond donors (Lipinski definition) is 1. The number of ether oxygens (including phenoxy) is 1. The number of carbonyl (C=O) groups excluding carboxylic acids is 1. The lowest BCUT2D eigenvalue weighted by molar-refractivity contribution is 0.190. The van der Waals surface area contributed by atoms with Crippen LogP contribution in [0.4, 0.5) is 10.5 Å². The van der Waals surface area contributed by atoms with Crippen molar-refractivity contribution in [1.82, 2.24) is 5.32 Å². The second-order valence-corrected chi connectivity index (χ2v) is 8.73. The average Bonchev–Trinajstić information content (AvgIpc) is 3.04. The largest absolute Gasteiger partial charge is 0.413 e. The highest BCUT2D eigenvalue weighted by Gasteiger charge is 2.21. The Balaban J connectivity index is 1.68. The summed E-state index contributed by atoms with van der Waals surface area (Å²) in [7, 11) is 0. The van der Waals surface area contributed by atoms with Gasteiger partial charge < -0.3 is 15.0 Å². The first-order chi connectivity index (χ1) is 11.3. The molecule has 2 heterocycles. The minimum absolute atomic E-state index is 0.313. The fourth-order valence-corrected chi connectivity index (χ4v) is 3.84. The van der Waals surface area contributed by atoms with Crippen LogP contribution in [0.2, 0.25) is 4.34 Å². The van der Waals surface area contributed by atoms with E-state index in [1.54, 1.807) is 11.3 Å². The summed E-state index contributed by atoms with van der Waals surface area (Å²) < 4.78 is 6.21. The van der Waals surface area contributed by atoms with Crippen molar-refractivity contribution in [2.45, 2.75) is 39.3 Å². The maximum atomic E-state index is 11.9. The monoisotopic (exact) mass is 364 g/mol. The van der Waals surface area contributed by atoms with E-state index in [4.69, 9.17) is 16.3 Å². The number of hydrogen-bond acceptors (Lipinski definition) is 4. The van der Waals surface area contributed by atoms with Crippen LogP contribution < -0.4 is 15.0 Å². The van der Waals surface area contributed by atoms with Gasteiger partial charge in [-0.15, -0.1) is 11.3 Å². The molecule has 0 radical (unpaired) electrons. The van der Waals surface area contributed by atoms with Gasteiger partial charge in [0.1, 0.15) is 5.75 Å².